The summed E-state index contributed by atoms with van der Waals surface area (Å²) in [5.74, 6) is 0.121. The summed E-state index contributed by atoms with van der Waals surface area (Å²) in [4.78, 5) is 13.1. The highest BCUT2D eigenvalue weighted by Gasteiger charge is 2.44. The van der Waals surface area contributed by atoms with Gasteiger partial charge in [-0.3, -0.25) is 4.79 Å². The lowest BCUT2D eigenvalue weighted by Gasteiger charge is -2.40. The molecular formula is C48H95NO10. The van der Waals surface area contributed by atoms with Gasteiger partial charge >= 0.3 is 0 Å². The van der Waals surface area contributed by atoms with Crippen LogP contribution in [0.1, 0.15) is 226 Å². The monoisotopic (exact) mass is 846 g/mol. The van der Waals surface area contributed by atoms with Crippen LogP contribution < -0.4 is 5.32 Å². The summed E-state index contributed by atoms with van der Waals surface area (Å²) in [7, 11) is 0. The molecule has 1 amide bonds. The third-order valence-corrected chi connectivity index (χ3v) is 12.7. The number of hydrogen-bond acceptors (Lipinski definition) is 10. The van der Waals surface area contributed by atoms with Gasteiger partial charge in [-0.1, -0.05) is 213 Å². The Kier molecular flexibility index (Phi) is 35.8. The van der Waals surface area contributed by atoms with Crippen LogP contribution in [0.4, 0.5) is 0 Å². The van der Waals surface area contributed by atoms with Crippen molar-refractivity contribution in [2.45, 2.75) is 281 Å². The molecule has 0 bridgehead atoms. The second-order valence-electron chi connectivity index (χ2n) is 18.1. The molecule has 0 saturated carbocycles. The Morgan fingerprint density at radius 1 is 0.576 bits per heavy atom. The number of carbonyl (C=O) groups is 1. The number of ether oxygens (including phenoxy) is 2. The van der Waals surface area contributed by atoms with Gasteiger partial charge in [0.05, 0.1) is 25.4 Å². The first-order valence-corrected chi connectivity index (χ1v) is 24.8. The summed E-state index contributed by atoms with van der Waals surface area (Å²) >= 11 is 0. The summed E-state index contributed by atoms with van der Waals surface area (Å²) in [6, 6.07) is -1.16. The van der Waals surface area contributed by atoms with Crippen LogP contribution in [0.15, 0.2) is 0 Å². The first kappa shape index (κ1) is 56.1. The first-order chi connectivity index (χ1) is 28.6. The maximum Gasteiger partial charge on any atom is 0.249 e. The van der Waals surface area contributed by atoms with Gasteiger partial charge < -0.3 is 50.5 Å². The predicted molar refractivity (Wildman–Crippen MR) is 238 cm³/mol. The fourth-order valence-corrected chi connectivity index (χ4v) is 8.18. The summed E-state index contributed by atoms with van der Waals surface area (Å²) in [6.07, 6.45) is 25.8. The molecular weight excluding hydrogens is 751 g/mol. The highest BCUT2D eigenvalue weighted by molar-refractivity contribution is 5.80. The summed E-state index contributed by atoms with van der Waals surface area (Å²) in [6.45, 7) is 5.79. The number of aliphatic hydroxyl groups is 7. The van der Waals surface area contributed by atoms with E-state index < -0.39 is 74.2 Å². The van der Waals surface area contributed by atoms with Gasteiger partial charge in [-0.15, -0.1) is 0 Å². The van der Waals surface area contributed by atoms with Crippen LogP contribution in [0.3, 0.4) is 0 Å². The molecule has 1 saturated heterocycles. The molecule has 0 aromatic rings. The molecule has 11 nitrogen and oxygen atoms in total. The average molecular weight is 846 g/mol. The van der Waals surface area contributed by atoms with Gasteiger partial charge in [-0.2, -0.15) is 0 Å². The maximum atomic E-state index is 13.1. The first-order valence-electron chi connectivity index (χ1n) is 24.8. The van der Waals surface area contributed by atoms with Crippen molar-refractivity contribution in [2.75, 3.05) is 13.2 Å². The van der Waals surface area contributed by atoms with Gasteiger partial charge in [-0.05, 0) is 18.8 Å². The van der Waals surface area contributed by atoms with E-state index in [1.165, 1.54) is 141 Å². The third kappa shape index (κ3) is 27.7. The lowest BCUT2D eigenvalue weighted by Crippen LogP contribution is -2.60. The van der Waals surface area contributed by atoms with E-state index in [2.05, 4.69) is 26.1 Å². The van der Waals surface area contributed by atoms with E-state index in [1.54, 1.807) is 0 Å². The highest BCUT2D eigenvalue weighted by atomic mass is 16.7. The summed E-state index contributed by atoms with van der Waals surface area (Å²) in [5, 5.41) is 75.8. The van der Waals surface area contributed by atoms with Gasteiger partial charge in [0.1, 0.15) is 36.6 Å². The number of rotatable bonds is 41. The molecule has 8 N–H and O–H groups in total. The Hall–Kier alpha value is -0.890. The maximum absolute atomic E-state index is 13.1. The minimum atomic E-state index is -1.66. The Morgan fingerprint density at radius 3 is 1.41 bits per heavy atom. The van der Waals surface area contributed by atoms with Crippen molar-refractivity contribution in [2.24, 2.45) is 5.92 Å². The molecule has 1 fully saturated rings. The molecule has 1 aliphatic heterocycles. The quantitative estimate of drug-likeness (QED) is 0.0277. The largest absolute Gasteiger partial charge is 0.394 e. The van der Waals surface area contributed by atoms with Crippen molar-refractivity contribution in [1.82, 2.24) is 5.32 Å². The van der Waals surface area contributed by atoms with Gasteiger partial charge in [0, 0.05) is 0 Å². The van der Waals surface area contributed by atoms with E-state index in [0.717, 1.165) is 44.4 Å². The van der Waals surface area contributed by atoms with Crippen molar-refractivity contribution in [3.63, 3.8) is 0 Å². The second kappa shape index (κ2) is 37.6. The van der Waals surface area contributed by atoms with E-state index in [-0.39, 0.29) is 6.42 Å². The summed E-state index contributed by atoms with van der Waals surface area (Å²) in [5.41, 5.74) is 0. The zero-order chi connectivity index (χ0) is 43.5. The van der Waals surface area contributed by atoms with Crippen LogP contribution >= 0.6 is 0 Å². The van der Waals surface area contributed by atoms with E-state index in [4.69, 9.17) is 9.47 Å². The molecule has 11 heteroatoms. The minimum Gasteiger partial charge on any atom is -0.394 e. The molecule has 0 unspecified atom stereocenters. The Morgan fingerprint density at radius 2 is 0.983 bits per heavy atom. The molecule has 352 valence electrons. The molecule has 10 atom stereocenters. The normalized spacial score (nSPS) is 22.2. The topological polar surface area (TPSA) is 189 Å². The zero-order valence-corrected chi connectivity index (χ0v) is 38.2. The van der Waals surface area contributed by atoms with Crippen LogP contribution in [-0.4, -0.2) is 110 Å². The fourth-order valence-electron chi connectivity index (χ4n) is 8.18. The van der Waals surface area contributed by atoms with Gasteiger partial charge in [0.25, 0.3) is 0 Å². The van der Waals surface area contributed by atoms with Crippen molar-refractivity contribution >= 4 is 5.91 Å². The van der Waals surface area contributed by atoms with Crippen LogP contribution in [0.5, 0.6) is 0 Å². The SMILES string of the molecule is CCCCCCCCCCCCCCCCCCCCC[C@@H](O)C(=O)N[C@@H](CO[C@@H]1O[C@H](CO)[C@H](O)[C@H](O)[C@@H]1O)[C@H](O)[C@H](O)CCCCCCCCCCC[C@H](C)CC. The molecule has 0 radical (unpaired) electrons. The average Bonchev–Trinajstić information content (AvgIpc) is 3.24. The molecule has 1 aliphatic rings. The van der Waals surface area contributed by atoms with Crippen molar-refractivity contribution < 1.29 is 50.0 Å². The van der Waals surface area contributed by atoms with Crippen molar-refractivity contribution in [1.29, 1.82) is 0 Å². The molecule has 0 aliphatic carbocycles. The smallest absolute Gasteiger partial charge is 0.249 e. The number of aliphatic hydroxyl groups excluding tert-OH is 7. The third-order valence-electron chi connectivity index (χ3n) is 12.7. The van der Waals surface area contributed by atoms with Crippen LogP contribution in [-0.2, 0) is 14.3 Å². The molecule has 0 aromatic carbocycles. The van der Waals surface area contributed by atoms with Gasteiger partial charge in [0.15, 0.2) is 6.29 Å². The summed E-state index contributed by atoms with van der Waals surface area (Å²) < 4.78 is 11.1. The Bertz CT molecular complexity index is 943. The van der Waals surface area contributed by atoms with E-state index in [1.807, 2.05) is 0 Å². The molecule has 1 heterocycles. The lowest BCUT2D eigenvalue weighted by atomic mass is 9.98. The minimum absolute atomic E-state index is 0.266. The Balaban J connectivity index is 2.39. The van der Waals surface area contributed by atoms with Gasteiger partial charge in [-0.25, -0.2) is 0 Å². The van der Waals surface area contributed by atoms with Crippen molar-refractivity contribution in [3.05, 3.63) is 0 Å². The van der Waals surface area contributed by atoms with Crippen LogP contribution in [0.25, 0.3) is 0 Å². The standard InChI is InChI=1S/C48H95NO10/c1-4-6-7-8-9-10-11-12-13-14-15-16-17-18-19-22-26-29-32-35-41(52)47(57)49-39(37-58-48-46(56)45(55)44(54)42(36-50)59-48)43(53)40(51)34-31-28-25-23-20-21-24-27-30-33-38(3)5-2/h38-46,48,50-56H,4-37H2,1-3H3,(H,49,57)/t38-,39+,40-,41-,42-,43+,44+,45+,46+,48-/m1/s1. The number of unbranched alkanes of at least 4 members (excludes halogenated alkanes) is 26. The number of amides is 1. The Labute approximate surface area is 360 Å². The van der Waals surface area contributed by atoms with Gasteiger partial charge in [0.2, 0.25) is 5.91 Å². The lowest BCUT2D eigenvalue weighted by molar-refractivity contribution is -0.303. The molecule has 0 spiro atoms. The van der Waals surface area contributed by atoms with E-state index in [0.29, 0.717) is 19.3 Å². The van der Waals surface area contributed by atoms with E-state index in [9.17, 15) is 40.5 Å². The molecule has 59 heavy (non-hydrogen) atoms. The zero-order valence-electron chi connectivity index (χ0n) is 38.2. The van der Waals surface area contributed by atoms with Crippen LogP contribution in [0.2, 0.25) is 0 Å². The number of nitrogens with one attached hydrogen (secondary N) is 1. The molecule has 0 aromatic heterocycles. The van der Waals surface area contributed by atoms with Crippen molar-refractivity contribution in [3.8, 4) is 0 Å². The number of hydrogen-bond donors (Lipinski definition) is 8. The van der Waals surface area contributed by atoms with Crippen LogP contribution in [0, 0.1) is 5.92 Å². The van der Waals surface area contributed by atoms with E-state index >= 15 is 0 Å². The highest BCUT2D eigenvalue weighted by Crippen LogP contribution is 2.23. The fraction of sp³-hybridized carbons (Fsp3) is 0.979. The predicted octanol–water partition coefficient (Wildman–Crippen LogP) is 8.53. The number of carbonyl (C=O) groups excluding carboxylic acids is 1. The second-order valence-corrected chi connectivity index (χ2v) is 18.1. The molecule has 1 rings (SSSR count).